The molecule has 0 bridgehead atoms. The summed E-state index contributed by atoms with van der Waals surface area (Å²) in [5, 5.41) is 28.3. The van der Waals surface area contributed by atoms with Gasteiger partial charge in [0.25, 0.3) is 23.6 Å². The van der Waals surface area contributed by atoms with Gasteiger partial charge in [-0.3, -0.25) is 28.8 Å². The van der Waals surface area contributed by atoms with Gasteiger partial charge < -0.3 is 21.3 Å². The molecule has 0 aliphatic carbocycles. The van der Waals surface area contributed by atoms with Crippen LogP contribution in [0.15, 0.2) is 105 Å². The Kier molecular flexibility index (Phi) is 17.1. The highest BCUT2D eigenvalue weighted by Crippen LogP contribution is 2.33. The smallest absolute Gasteiger partial charge is 0.258 e. The molecule has 14 nitrogen and oxygen atoms in total. The first-order chi connectivity index (χ1) is 30.4. The molecule has 5 aromatic rings. The van der Waals surface area contributed by atoms with Crippen molar-refractivity contribution in [3.05, 3.63) is 137 Å². The average molecular weight is 986 g/mol. The number of nitrogens with one attached hydrogen (secondary N) is 4. The lowest BCUT2D eigenvalue weighted by Crippen LogP contribution is -2.33. The summed E-state index contributed by atoms with van der Waals surface area (Å²) in [6.45, 7) is 5.98. The van der Waals surface area contributed by atoms with Crippen LogP contribution in [0.3, 0.4) is 0 Å². The topological polar surface area (TPSA) is 200 Å². The van der Waals surface area contributed by atoms with Crippen LogP contribution < -0.4 is 21.3 Å². The van der Waals surface area contributed by atoms with Crippen molar-refractivity contribution in [2.75, 3.05) is 21.3 Å². The van der Waals surface area contributed by atoms with Gasteiger partial charge in [-0.2, -0.15) is 20.5 Å². The number of nitrogens with zero attached hydrogens (tertiary/aromatic N) is 4. The second-order valence-electron chi connectivity index (χ2n) is 13.8. The number of carbonyl (C=O) groups excluding carboxylic acids is 6. The fraction of sp³-hybridized carbons (Fsp3) is 0.182. The molecule has 0 aliphatic heterocycles. The molecule has 0 aromatic heterocycles. The second kappa shape index (κ2) is 22.2. The number of ketones is 2. The van der Waals surface area contributed by atoms with Crippen LogP contribution in [0.2, 0.25) is 30.1 Å². The van der Waals surface area contributed by atoms with Gasteiger partial charge in [-0.1, -0.05) is 83.5 Å². The lowest BCUT2D eigenvalue weighted by Gasteiger charge is -2.19. The molecule has 330 valence electrons. The highest BCUT2D eigenvalue weighted by atomic mass is 35.5. The lowest BCUT2D eigenvalue weighted by atomic mass is 10.0. The monoisotopic (exact) mass is 982 g/mol. The van der Waals surface area contributed by atoms with E-state index in [0.717, 1.165) is 0 Å². The zero-order valence-electron chi connectivity index (χ0n) is 34.2. The molecule has 0 heterocycles. The van der Waals surface area contributed by atoms with E-state index in [9.17, 15) is 28.8 Å². The molecule has 0 aliphatic rings. The zero-order valence-corrected chi connectivity index (χ0v) is 38.7. The maximum Gasteiger partial charge on any atom is 0.258 e. The quantitative estimate of drug-likeness (QED) is 0.0560. The predicted octanol–water partition coefficient (Wildman–Crippen LogP) is 12.6. The Bertz CT molecular complexity index is 2720. The highest BCUT2D eigenvalue weighted by Gasteiger charge is 2.27. The number of hydrogen-bond acceptors (Lipinski definition) is 10. The number of anilines is 4. The predicted molar refractivity (Wildman–Crippen MR) is 252 cm³/mol. The Hall–Kier alpha value is -5.74. The molecule has 4 N–H and O–H groups in total. The number of aryl methyl sites for hydroxylation is 2. The van der Waals surface area contributed by atoms with E-state index < -0.39 is 47.3 Å². The Labute approximate surface area is 397 Å². The number of benzene rings is 5. The summed E-state index contributed by atoms with van der Waals surface area (Å²) in [4.78, 5) is 78.7. The summed E-state index contributed by atoms with van der Waals surface area (Å²) < 4.78 is 0. The molecule has 5 aromatic carbocycles. The van der Waals surface area contributed by atoms with Gasteiger partial charge in [0.2, 0.25) is 12.1 Å². The molecule has 0 saturated heterocycles. The van der Waals surface area contributed by atoms with Crippen molar-refractivity contribution < 1.29 is 28.8 Å². The van der Waals surface area contributed by atoms with E-state index in [4.69, 9.17) is 69.6 Å². The van der Waals surface area contributed by atoms with Crippen molar-refractivity contribution in [2.24, 2.45) is 20.5 Å². The fourth-order valence-electron chi connectivity index (χ4n) is 5.87. The number of hydrogen-bond donors (Lipinski definition) is 4. The SMILES string of the molecule is CCc1cc(NC(=O)C(N=Nc2cc(C(=O)Nc3ccc(Cl)cc3Cl)ccc2Cl)C(C)=O)cc(CC)c1NC(=O)C(N=Nc1cc(C(=O)Nc2ccc(Cl)cc2Cl)ccc1Cl)C(C)=O. The Morgan fingerprint density at radius 1 is 0.500 bits per heavy atom. The van der Waals surface area contributed by atoms with E-state index in [2.05, 4.69) is 41.7 Å². The molecule has 0 fully saturated rings. The summed E-state index contributed by atoms with van der Waals surface area (Å²) in [7, 11) is 0. The van der Waals surface area contributed by atoms with Crippen LogP contribution in [0, 0.1) is 0 Å². The van der Waals surface area contributed by atoms with Crippen molar-refractivity contribution in [3.63, 3.8) is 0 Å². The minimum Gasteiger partial charge on any atom is -0.324 e. The maximum atomic E-state index is 13.7. The first kappa shape index (κ1) is 49.3. The van der Waals surface area contributed by atoms with Gasteiger partial charge in [0.15, 0.2) is 11.6 Å². The van der Waals surface area contributed by atoms with Gasteiger partial charge in [-0.05, 0) is 123 Å². The average Bonchev–Trinajstić information content (AvgIpc) is 3.24. The van der Waals surface area contributed by atoms with Crippen LogP contribution >= 0.6 is 69.6 Å². The standard InChI is InChI=1S/C44H36Cl6N8O6/c1-5-23-15-29(51-43(63)38(21(3)59)57-55-36-17-25(7-11-30(36)47)41(61)52-34-13-9-27(45)19-32(34)49)16-24(6-2)40(23)54-44(64)39(22(4)60)58-56-37-18-26(8-12-31(37)48)42(62)53-35-14-10-28(46)20-33(35)50/h7-20,38-39H,5-6H2,1-4H3,(H,51,63)(H,52,61)(H,53,62)(H,54,64). The summed E-state index contributed by atoms with van der Waals surface area (Å²) >= 11 is 37.0. The summed E-state index contributed by atoms with van der Waals surface area (Å²) in [5.74, 6) is -3.98. The van der Waals surface area contributed by atoms with Crippen molar-refractivity contribution in [1.29, 1.82) is 0 Å². The first-order valence-electron chi connectivity index (χ1n) is 19.1. The highest BCUT2D eigenvalue weighted by molar-refractivity contribution is 6.38. The van der Waals surface area contributed by atoms with Gasteiger partial charge in [0.1, 0.15) is 11.4 Å². The summed E-state index contributed by atoms with van der Waals surface area (Å²) in [6.07, 6.45) is 0.736. The molecule has 64 heavy (non-hydrogen) atoms. The van der Waals surface area contributed by atoms with Crippen molar-refractivity contribution in [2.45, 2.75) is 52.6 Å². The van der Waals surface area contributed by atoms with Crippen LogP contribution in [-0.4, -0.2) is 47.3 Å². The van der Waals surface area contributed by atoms with E-state index in [1.165, 1.54) is 74.5 Å². The molecule has 2 unspecified atom stereocenters. The number of rotatable bonds is 16. The van der Waals surface area contributed by atoms with Crippen LogP contribution in [-0.2, 0) is 32.0 Å². The van der Waals surface area contributed by atoms with Crippen LogP contribution in [0.25, 0.3) is 0 Å². The largest absolute Gasteiger partial charge is 0.324 e. The number of amides is 4. The number of carbonyl (C=O) groups is 6. The van der Waals surface area contributed by atoms with Crippen LogP contribution in [0.4, 0.5) is 34.1 Å². The maximum absolute atomic E-state index is 13.7. The van der Waals surface area contributed by atoms with Crippen LogP contribution in [0.5, 0.6) is 0 Å². The molecule has 0 radical (unpaired) electrons. The van der Waals surface area contributed by atoms with E-state index in [0.29, 0.717) is 51.1 Å². The van der Waals surface area contributed by atoms with Crippen molar-refractivity contribution in [3.8, 4) is 0 Å². The third-order valence-electron chi connectivity index (χ3n) is 9.18. The molecular weight excluding hydrogens is 949 g/mol. The summed E-state index contributed by atoms with van der Waals surface area (Å²) in [5.41, 5.74) is 2.75. The molecule has 2 atom stereocenters. The molecule has 0 saturated carbocycles. The number of Topliss-reactive ketones (excluding diaryl/α,β-unsaturated/α-hetero) is 2. The molecule has 5 rings (SSSR count). The van der Waals surface area contributed by atoms with Crippen molar-refractivity contribution in [1.82, 2.24) is 0 Å². The third-order valence-corrected chi connectivity index (χ3v) is 10.9. The van der Waals surface area contributed by atoms with E-state index >= 15 is 0 Å². The molecular formula is C44H36Cl6N8O6. The van der Waals surface area contributed by atoms with E-state index in [-0.39, 0.29) is 48.3 Å². The van der Waals surface area contributed by atoms with Crippen molar-refractivity contribution >= 4 is 139 Å². The zero-order chi connectivity index (χ0) is 46.8. The number of azo groups is 2. The molecule has 0 spiro atoms. The van der Waals surface area contributed by atoms with Crippen LogP contribution in [0.1, 0.15) is 59.5 Å². The lowest BCUT2D eigenvalue weighted by molar-refractivity contribution is -0.127. The molecule has 20 heteroatoms. The Balaban J connectivity index is 1.31. The normalized spacial score (nSPS) is 12.2. The first-order valence-corrected chi connectivity index (χ1v) is 21.4. The Morgan fingerprint density at radius 2 is 0.906 bits per heavy atom. The Morgan fingerprint density at radius 3 is 1.28 bits per heavy atom. The van der Waals surface area contributed by atoms with Gasteiger partial charge in [-0.15, -0.1) is 0 Å². The van der Waals surface area contributed by atoms with Gasteiger partial charge in [0.05, 0.1) is 31.5 Å². The third kappa shape index (κ3) is 12.7. The minimum atomic E-state index is -1.61. The van der Waals surface area contributed by atoms with Gasteiger partial charge in [-0.25, -0.2) is 0 Å². The molecule has 4 amide bonds. The fourth-order valence-corrected chi connectivity index (χ4v) is 7.09. The summed E-state index contributed by atoms with van der Waals surface area (Å²) in [6, 6.07) is 17.5. The minimum absolute atomic E-state index is 0.0145. The van der Waals surface area contributed by atoms with Gasteiger partial charge >= 0.3 is 0 Å². The second-order valence-corrected chi connectivity index (χ2v) is 16.3. The van der Waals surface area contributed by atoms with Gasteiger partial charge in [0, 0.05) is 32.5 Å². The van der Waals surface area contributed by atoms with E-state index in [1.54, 1.807) is 24.3 Å². The van der Waals surface area contributed by atoms with E-state index in [1.807, 2.05) is 13.8 Å². The number of halogens is 6.